The van der Waals surface area contributed by atoms with Crippen LogP contribution in [-0.2, 0) is 45.2 Å². The fourth-order valence-electron chi connectivity index (χ4n) is 9.34. The van der Waals surface area contributed by atoms with Gasteiger partial charge in [-0.3, -0.25) is 48.6 Å². The van der Waals surface area contributed by atoms with Crippen LogP contribution < -0.4 is 50.0 Å². The molecule has 5 aromatic rings. The average molecular weight is 1050 g/mol. The van der Waals surface area contributed by atoms with Gasteiger partial charge in [-0.2, -0.15) is 0 Å². The zero-order valence-corrected chi connectivity index (χ0v) is 43.7. The number of nitrogens with zero attached hydrogens (tertiary/aromatic N) is 4. The van der Waals surface area contributed by atoms with Gasteiger partial charge >= 0.3 is 0 Å². The molecule has 0 bridgehead atoms. The molecule has 6 amide bonds. The molecular formula is C55H56N8O10S2. The van der Waals surface area contributed by atoms with E-state index in [0.717, 1.165) is 22.5 Å². The van der Waals surface area contributed by atoms with Crippen molar-refractivity contribution < 1.29 is 47.7 Å². The van der Waals surface area contributed by atoms with Crippen LogP contribution in [0.3, 0.4) is 0 Å². The zero-order chi connectivity index (χ0) is 52.8. The lowest BCUT2D eigenvalue weighted by molar-refractivity contribution is -0.128. The number of anilines is 3. The molecule has 388 valence electrons. The third-order valence-electron chi connectivity index (χ3n) is 13.0. The molecule has 18 nitrogen and oxygen atoms in total. The first-order valence-corrected chi connectivity index (χ1v) is 26.8. The Morgan fingerprint density at radius 1 is 0.627 bits per heavy atom. The summed E-state index contributed by atoms with van der Waals surface area (Å²) >= 11 is 0. The van der Waals surface area contributed by atoms with Crippen molar-refractivity contribution in [3.8, 4) is 23.0 Å². The molecule has 0 aliphatic carbocycles. The number of carbonyl (C=O) groups is 6. The second-order valence-corrected chi connectivity index (χ2v) is 21.9. The molecule has 5 aromatic carbocycles. The zero-order valence-electron chi connectivity index (χ0n) is 42.0. The van der Waals surface area contributed by atoms with Gasteiger partial charge in [0.05, 0.1) is 68.4 Å². The van der Waals surface area contributed by atoms with Crippen molar-refractivity contribution in [1.29, 1.82) is 0 Å². The SMILES string of the molecule is COc1cc2c(cc1OCc1cc(COc3cc4c(cc3OC)C(=O)N3c5ccccc5C[C@H]3C=N4)cc(NC(=O)CNC(=O)CNC(=O)CNC(=O)CCC(C)(C)SSC)c1)N=CC1Cc3ccccc3N1C2=O. The minimum Gasteiger partial charge on any atom is -0.493 e. The molecule has 4 heterocycles. The van der Waals surface area contributed by atoms with Crippen LogP contribution in [0.5, 0.6) is 23.0 Å². The largest absolute Gasteiger partial charge is 0.493 e. The number of ether oxygens (including phenoxy) is 4. The van der Waals surface area contributed by atoms with Crippen LogP contribution in [0.1, 0.15) is 69.7 Å². The summed E-state index contributed by atoms with van der Waals surface area (Å²) < 4.78 is 24.2. The highest BCUT2D eigenvalue weighted by Gasteiger charge is 2.38. The van der Waals surface area contributed by atoms with Crippen LogP contribution >= 0.6 is 21.6 Å². The van der Waals surface area contributed by atoms with Crippen molar-refractivity contribution in [2.24, 2.45) is 9.98 Å². The summed E-state index contributed by atoms with van der Waals surface area (Å²) in [6.45, 7) is 2.90. The Balaban J connectivity index is 0.890. The van der Waals surface area contributed by atoms with Crippen molar-refractivity contribution in [3.05, 3.63) is 124 Å². The van der Waals surface area contributed by atoms with Gasteiger partial charge in [-0.05, 0) is 91.2 Å². The van der Waals surface area contributed by atoms with E-state index < -0.39 is 30.8 Å². The van der Waals surface area contributed by atoms with Crippen molar-refractivity contribution in [1.82, 2.24) is 16.0 Å². The molecule has 9 rings (SSSR count). The number of nitrogens with one attached hydrogen (secondary N) is 4. The van der Waals surface area contributed by atoms with Gasteiger partial charge in [-0.15, -0.1) is 0 Å². The molecule has 4 aliphatic heterocycles. The summed E-state index contributed by atoms with van der Waals surface area (Å²) in [6.07, 6.45) is 7.70. The molecule has 0 fully saturated rings. The Kier molecular flexibility index (Phi) is 15.8. The van der Waals surface area contributed by atoms with Crippen LogP contribution in [-0.4, -0.2) is 105 Å². The quantitative estimate of drug-likeness (QED) is 0.0565. The lowest BCUT2D eigenvalue weighted by Crippen LogP contribution is -2.43. The number of fused-ring (bicyclic) bond motifs is 8. The summed E-state index contributed by atoms with van der Waals surface area (Å²) in [5.74, 6) is -1.13. The normalized spacial score (nSPS) is 15.7. The summed E-state index contributed by atoms with van der Waals surface area (Å²) in [6, 6.07) is 27.0. The van der Waals surface area contributed by atoms with E-state index in [2.05, 4.69) is 21.3 Å². The van der Waals surface area contributed by atoms with Crippen molar-refractivity contribution in [2.75, 3.05) is 55.2 Å². The minimum absolute atomic E-state index is 0.0304. The first kappa shape index (κ1) is 52.0. The van der Waals surface area contributed by atoms with Gasteiger partial charge in [0.2, 0.25) is 23.6 Å². The number of amides is 6. The average Bonchev–Trinajstić information content (AvgIpc) is 3.90. The maximum atomic E-state index is 14.1. The Morgan fingerprint density at radius 2 is 1.09 bits per heavy atom. The van der Waals surface area contributed by atoms with Gasteiger partial charge < -0.3 is 40.2 Å². The predicted octanol–water partition coefficient (Wildman–Crippen LogP) is 7.29. The number of para-hydroxylation sites is 2. The van der Waals surface area contributed by atoms with Crippen LogP contribution in [0.4, 0.5) is 28.4 Å². The number of carbonyl (C=O) groups excluding carboxylic acids is 6. The van der Waals surface area contributed by atoms with Gasteiger partial charge in [0, 0.05) is 65.6 Å². The molecule has 20 heteroatoms. The summed E-state index contributed by atoms with van der Waals surface area (Å²) in [5, 5.41) is 10.4. The highest BCUT2D eigenvalue weighted by atomic mass is 33.1. The van der Waals surface area contributed by atoms with Gasteiger partial charge in [0.15, 0.2) is 23.0 Å². The van der Waals surface area contributed by atoms with E-state index in [9.17, 15) is 28.8 Å². The molecule has 1 unspecified atom stereocenters. The molecule has 0 spiro atoms. The smallest absolute Gasteiger partial charge is 0.261 e. The van der Waals surface area contributed by atoms with Crippen LogP contribution in [0.15, 0.2) is 101 Å². The summed E-state index contributed by atoms with van der Waals surface area (Å²) in [5.41, 5.74) is 6.95. The van der Waals surface area contributed by atoms with Gasteiger partial charge in [0.25, 0.3) is 11.8 Å². The molecule has 0 aromatic heterocycles. The molecule has 4 aliphatic rings. The molecule has 4 N–H and O–H groups in total. The van der Waals surface area contributed by atoms with E-state index in [-0.39, 0.29) is 60.7 Å². The number of hydrogen-bond donors (Lipinski definition) is 4. The fraction of sp³-hybridized carbons (Fsp3) is 0.309. The second-order valence-electron chi connectivity index (χ2n) is 18.8. The lowest BCUT2D eigenvalue weighted by atomic mass is 10.1. The van der Waals surface area contributed by atoms with E-state index in [4.69, 9.17) is 28.9 Å². The number of methoxy groups -OCH3 is 2. The third kappa shape index (κ3) is 11.9. The number of aliphatic imine (C=N–C) groups is 2. The monoisotopic (exact) mass is 1050 g/mol. The number of benzene rings is 5. The maximum Gasteiger partial charge on any atom is 0.261 e. The van der Waals surface area contributed by atoms with Crippen molar-refractivity contribution >= 4 is 97.9 Å². The van der Waals surface area contributed by atoms with Gasteiger partial charge in [-0.25, -0.2) is 0 Å². The van der Waals surface area contributed by atoms with E-state index >= 15 is 0 Å². The van der Waals surface area contributed by atoms with E-state index in [1.165, 1.54) is 14.2 Å². The second kappa shape index (κ2) is 22.7. The third-order valence-corrected chi connectivity index (χ3v) is 15.7. The standard InChI is InChI=1S/C55H56N8O10S2/c1-55(2,75-74-5)15-14-49(64)58-27-50(65)59-28-51(66)60-29-52(67)61-36-17-32(30-72-47-23-41-39(21-45(47)70-3)53(68)62-37(25-56-41)19-34-10-6-8-12-43(34)62)16-33(18-36)31-73-48-24-42-40(22-46(48)71-4)54(69)63-38(26-57-42)20-35-11-7-9-13-44(35)63/h6-13,16-18,21-26,37-38H,14-15,19-20,27-31H2,1-5H3,(H,58,64)(H,59,65)(H,60,66)(H,61,67)/t37-,38?/m0/s1. The molecule has 0 saturated heterocycles. The highest BCUT2D eigenvalue weighted by molar-refractivity contribution is 8.76. The van der Waals surface area contributed by atoms with E-state index in [1.54, 1.807) is 80.2 Å². The Labute approximate surface area is 441 Å². The first-order valence-electron chi connectivity index (χ1n) is 24.3. The van der Waals surface area contributed by atoms with Crippen LogP contribution in [0.2, 0.25) is 0 Å². The first-order chi connectivity index (χ1) is 36.2. The van der Waals surface area contributed by atoms with E-state index in [0.29, 0.717) is 81.6 Å². The van der Waals surface area contributed by atoms with Crippen molar-refractivity contribution in [3.63, 3.8) is 0 Å². The van der Waals surface area contributed by atoms with Gasteiger partial charge in [-0.1, -0.05) is 58.0 Å². The van der Waals surface area contributed by atoms with Crippen LogP contribution in [0, 0.1) is 0 Å². The fourth-order valence-corrected chi connectivity index (χ4v) is 11.6. The Hall–Kier alpha value is -7.84. The molecule has 0 radical (unpaired) electrons. The minimum atomic E-state index is -0.617. The summed E-state index contributed by atoms with van der Waals surface area (Å²) in [7, 11) is 6.28. The van der Waals surface area contributed by atoms with Crippen molar-refractivity contribution in [2.45, 2.75) is 69.6 Å². The molecule has 0 saturated carbocycles. The van der Waals surface area contributed by atoms with Gasteiger partial charge in [0.1, 0.15) is 13.2 Å². The highest BCUT2D eigenvalue weighted by Crippen LogP contribution is 2.43. The number of rotatable bonds is 20. The summed E-state index contributed by atoms with van der Waals surface area (Å²) in [4.78, 5) is 91.9. The molecule has 2 atom stereocenters. The van der Waals surface area contributed by atoms with Crippen LogP contribution in [0.25, 0.3) is 0 Å². The molecule has 75 heavy (non-hydrogen) atoms. The number of hydrogen-bond acceptors (Lipinski definition) is 14. The predicted molar refractivity (Wildman–Crippen MR) is 291 cm³/mol. The van der Waals surface area contributed by atoms with E-state index in [1.807, 2.05) is 74.7 Å². The lowest BCUT2D eigenvalue weighted by Gasteiger charge is -2.22. The topological polar surface area (TPSA) is 219 Å². The Morgan fingerprint density at radius 3 is 1.57 bits per heavy atom. The molecular weight excluding hydrogens is 997 g/mol. The Bertz CT molecular complexity index is 2980. The maximum absolute atomic E-state index is 14.1.